The van der Waals surface area contributed by atoms with Crippen LogP contribution in [0.25, 0.3) is 0 Å². The molecule has 1 aromatic carbocycles. The fraction of sp³-hybridized carbons (Fsp3) is 0.533. The number of benzene rings is 1. The Balaban J connectivity index is 3.16. The van der Waals surface area contributed by atoms with Crippen LogP contribution in [0.2, 0.25) is 0 Å². The number of aryl methyl sites for hydroxylation is 2. The highest BCUT2D eigenvalue weighted by Gasteiger charge is 2.21. The Labute approximate surface area is 109 Å². The molecule has 1 atom stereocenters. The summed E-state index contributed by atoms with van der Waals surface area (Å²) in [5.41, 5.74) is 2.90. The summed E-state index contributed by atoms with van der Waals surface area (Å²) in [7, 11) is 0. The minimum Gasteiger partial charge on any atom is -0.494 e. The van der Waals surface area contributed by atoms with Gasteiger partial charge >= 0.3 is 5.97 Å². The molecule has 0 radical (unpaired) electrons. The molecule has 18 heavy (non-hydrogen) atoms. The topological polar surface area (TPSA) is 46.5 Å². The summed E-state index contributed by atoms with van der Waals surface area (Å²) in [6.45, 7) is 8.48. The maximum absolute atomic E-state index is 11.3. The molecule has 0 heterocycles. The summed E-state index contributed by atoms with van der Waals surface area (Å²) in [6.07, 6.45) is 1.53. The number of carboxylic acid groups (broad SMARTS) is 1. The van der Waals surface area contributed by atoms with Crippen LogP contribution in [0.15, 0.2) is 12.1 Å². The van der Waals surface area contributed by atoms with Crippen LogP contribution in [0.4, 0.5) is 0 Å². The number of aliphatic carboxylic acids is 1. The van der Waals surface area contributed by atoms with Gasteiger partial charge < -0.3 is 9.84 Å². The largest absolute Gasteiger partial charge is 0.494 e. The Kier molecular flexibility index (Phi) is 5.20. The van der Waals surface area contributed by atoms with Crippen LogP contribution >= 0.6 is 0 Å². The average Bonchev–Trinajstić information content (AvgIpc) is 2.31. The maximum atomic E-state index is 11.3. The van der Waals surface area contributed by atoms with Crippen molar-refractivity contribution in [1.82, 2.24) is 0 Å². The predicted octanol–water partition coefficient (Wildman–Crippen LogP) is 3.67. The standard InChI is InChI=1S/C15H22O3/c1-5-7-12(15(16)17)13-8-11(4)14(18-6-2)9-10(13)3/h8-9,12H,5-7H2,1-4H3,(H,16,17). The first-order chi connectivity index (χ1) is 8.51. The molecule has 0 bridgehead atoms. The molecule has 0 aliphatic carbocycles. The van der Waals surface area contributed by atoms with Crippen molar-refractivity contribution in [3.63, 3.8) is 0 Å². The zero-order valence-corrected chi connectivity index (χ0v) is 11.6. The van der Waals surface area contributed by atoms with E-state index in [2.05, 4.69) is 0 Å². The third kappa shape index (κ3) is 3.25. The lowest BCUT2D eigenvalue weighted by Gasteiger charge is -2.17. The molecule has 1 unspecified atom stereocenters. The molecule has 0 saturated heterocycles. The van der Waals surface area contributed by atoms with E-state index in [-0.39, 0.29) is 0 Å². The van der Waals surface area contributed by atoms with Crippen molar-refractivity contribution in [2.75, 3.05) is 6.61 Å². The van der Waals surface area contributed by atoms with Crippen LogP contribution in [0, 0.1) is 13.8 Å². The molecular formula is C15H22O3. The fourth-order valence-corrected chi connectivity index (χ4v) is 2.20. The molecule has 0 spiro atoms. The molecule has 3 heteroatoms. The lowest BCUT2D eigenvalue weighted by atomic mass is 9.89. The average molecular weight is 250 g/mol. The molecule has 1 N–H and O–H groups in total. The van der Waals surface area contributed by atoms with Gasteiger partial charge in [0, 0.05) is 0 Å². The highest BCUT2D eigenvalue weighted by atomic mass is 16.5. The van der Waals surface area contributed by atoms with Crippen LogP contribution in [-0.4, -0.2) is 17.7 Å². The Morgan fingerprint density at radius 3 is 2.44 bits per heavy atom. The normalized spacial score (nSPS) is 12.2. The Morgan fingerprint density at radius 1 is 1.28 bits per heavy atom. The van der Waals surface area contributed by atoms with Gasteiger partial charge in [-0.05, 0) is 49.9 Å². The second-order valence-electron chi connectivity index (χ2n) is 4.59. The van der Waals surface area contributed by atoms with E-state index < -0.39 is 11.9 Å². The SMILES string of the molecule is CCCC(C(=O)O)c1cc(C)c(OCC)cc1C. The third-order valence-corrected chi connectivity index (χ3v) is 3.11. The minimum atomic E-state index is -0.747. The third-order valence-electron chi connectivity index (χ3n) is 3.11. The van der Waals surface area contributed by atoms with Gasteiger partial charge in [-0.15, -0.1) is 0 Å². The monoisotopic (exact) mass is 250 g/mol. The maximum Gasteiger partial charge on any atom is 0.310 e. The second kappa shape index (κ2) is 6.43. The van der Waals surface area contributed by atoms with E-state index in [1.54, 1.807) is 0 Å². The van der Waals surface area contributed by atoms with E-state index in [1.165, 1.54) is 0 Å². The lowest BCUT2D eigenvalue weighted by Crippen LogP contribution is -2.13. The molecule has 0 aliphatic heterocycles. The quantitative estimate of drug-likeness (QED) is 0.838. The van der Waals surface area contributed by atoms with Crippen LogP contribution in [0.1, 0.15) is 49.3 Å². The highest BCUT2D eigenvalue weighted by Crippen LogP contribution is 2.30. The molecule has 3 nitrogen and oxygen atoms in total. The first kappa shape index (κ1) is 14.6. The van der Waals surface area contributed by atoms with Crippen molar-refractivity contribution >= 4 is 5.97 Å². The number of carbonyl (C=O) groups is 1. The van der Waals surface area contributed by atoms with Crippen LogP contribution in [0.3, 0.4) is 0 Å². The molecule has 1 rings (SSSR count). The first-order valence-electron chi connectivity index (χ1n) is 6.48. The second-order valence-corrected chi connectivity index (χ2v) is 4.59. The minimum absolute atomic E-state index is 0.413. The van der Waals surface area contributed by atoms with Crippen molar-refractivity contribution < 1.29 is 14.6 Å². The van der Waals surface area contributed by atoms with E-state index in [1.807, 2.05) is 39.8 Å². The zero-order valence-electron chi connectivity index (χ0n) is 11.6. The summed E-state index contributed by atoms with van der Waals surface area (Å²) < 4.78 is 5.53. The van der Waals surface area contributed by atoms with E-state index in [0.717, 1.165) is 28.9 Å². The number of hydrogen-bond donors (Lipinski definition) is 1. The zero-order chi connectivity index (χ0) is 13.7. The Hall–Kier alpha value is -1.51. The summed E-state index contributed by atoms with van der Waals surface area (Å²) in [6, 6.07) is 3.90. The number of rotatable bonds is 6. The van der Waals surface area contributed by atoms with E-state index in [4.69, 9.17) is 4.74 Å². The molecule has 1 aromatic rings. The summed E-state index contributed by atoms with van der Waals surface area (Å²) in [5, 5.41) is 9.31. The first-order valence-corrected chi connectivity index (χ1v) is 6.48. The summed E-state index contributed by atoms with van der Waals surface area (Å²) in [4.78, 5) is 11.3. The Bertz CT molecular complexity index is 424. The van der Waals surface area contributed by atoms with Crippen molar-refractivity contribution in [1.29, 1.82) is 0 Å². The molecule has 0 fully saturated rings. The van der Waals surface area contributed by atoms with E-state index in [0.29, 0.717) is 13.0 Å². The number of hydrogen-bond acceptors (Lipinski definition) is 2. The van der Waals surface area contributed by atoms with Gasteiger partial charge in [0.05, 0.1) is 12.5 Å². The van der Waals surface area contributed by atoms with Gasteiger partial charge in [-0.3, -0.25) is 4.79 Å². The molecule has 0 aliphatic rings. The van der Waals surface area contributed by atoms with Gasteiger partial charge in [-0.2, -0.15) is 0 Å². The van der Waals surface area contributed by atoms with Gasteiger partial charge in [0.2, 0.25) is 0 Å². The fourth-order valence-electron chi connectivity index (χ4n) is 2.20. The molecule has 0 amide bonds. The smallest absolute Gasteiger partial charge is 0.310 e. The van der Waals surface area contributed by atoms with Crippen LogP contribution in [0.5, 0.6) is 5.75 Å². The van der Waals surface area contributed by atoms with Crippen LogP contribution < -0.4 is 4.74 Å². The van der Waals surface area contributed by atoms with E-state index >= 15 is 0 Å². The Morgan fingerprint density at radius 2 is 1.94 bits per heavy atom. The molecule has 0 saturated carbocycles. The van der Waals surface area contributed by atoms with Crippen molar-refractivity contribution in [3.05, 3.63) is 28.8 Å². The van der Waals surface area contributed by atoms with Gasteiger partial charge in [-0.1, -0.05) is 19.4 Å². The van der Waals surface area contributed by atoms with Gasteiger partial charge in [0.1, 0.15) is 5.75 Å². The van der Waals surface area contributed by atoms with Gasteiger partial charge in [0.15, 0.2) is 0 Å². The number of carboxylic acids is 1. The van der Waals surface area contributed by atoms with Crippen LogP contribution in [-0.2, 0) is 4.79 Å². The lowest BCUT2D eigenvalue weighted by molar-refractivity contribution is -0.139. The highest BCUT2D eigenvalue weighted by molar-refractivity contribution is 5.77. The molecule has 100 valence electrons. The molecule has 0 aromatic heterocycles. The summed E-state index contributed by atoms with van der Waals surface area (Å²) >= 11 is 0. The number of ether oxygens (including phenoxy) is 1. The van der Waals surface area contributed by atoms with E-state index in [9.17, 15) is 9.90 Å². The van der Waals surface area contributed by atoms with Gasteiger partial charge in [0.25, 0.3) is 0 Å². The van der Waals surface area contributed by atoms with Crippen molar-refractivity contribution in [3.8, 4) is 5.75 Å². The van der Waals surface area contributed by atoms with Gasteiger partial charge in [-0.25, -0.2) is 0 Å². The summed E-state index contributed by atoms with van der Waals surface area (Å²) in [5.74, 6) is -0.313. The molecular weight excluding hydrogens is 228 g/mol. The predicted molar refractivity (Wildman–Crippen MR) is 72.4 cm³/mol. The van der Waals surface area contributed by atoms with Crippen molar-refractivity contribution in [2.24, 2.45) is 0 Å². The van der Waals surface area contributed by atoms with Crippen molar-refractivity contribution in [2.45, 2.75) is 46.5 Å².